The lowest BCUT2D eigenvalue weighted by Crippen LogP contribution is -2.26. The largest absolute Gasteiger partial charge is 0.489 e. The summed E-state index contributed by atoms with van der Waals surface area (Å²) >= 11 is 0. The maximum Gasteiger partial charge on any atom is 0.253 e. The van der Waals surface area contributed by atoms with Crippen LogP contribution in [0.15, 0.2) is 29.2 Å². The third-order valence-corrected chi connectivity index (χ3v) is 5.46. The van der Waals surface area contributed by atoms with Crippen molar-refractivity contribution < 1.29 is 14.3 Å². The molecule has 0 spiro atoms. The van der Waals surface area contributed by atoms with Crippen molar-refractivity contribution in [1.82, 2.24) is 4.57 Å². The molecule has 3 heterocycles. The van der Waals surface area contributed by atoms with Gasteiger partial charge in [-0.3, -0.25) is 9.59 Å². The highest BCUT2D eigenvalue weighted by molar-refractivity contribution is 5.96. The summed E-state index contributed by atoms with van der Waals surface area (Å²) in [6.45, 7) is 3.07. The minimum atomic E-state index is -0.0000981. The smallest absolute Gasteiger partial charge is 0.253 e. The molecule has 0 radical (unpaired) electrons. The Labute approximate surface area is 164 Å². The molecule has 2 aliphatic rings. The predicted octanol–water partition coefficient (Wildman–Crippen LogP) is 3.19. The maximum absolute atomic E-state index is 12.0. The Kier molecular flexibility index (Phi) is 5.22. The Morgan fingerprint density at radius 3 is 2.79 bits per heavy atom. The van der Waals surface area contributed by atoms with E-state index in [1.54, 1.807) is 11.6 Å². The van der Waals surface area contributed by atoms with E-state index in [0.717, 1.165) is 48.2 Å². The van der Waals surface area contributed by atoms with E-state index in [9.17, 15) is 9.59 Å². The summed E-state index contributed by atoms with van der Waals surface area (Å²) in [6.07, 6.45) is 6.32. The van der Waals surface area contributed by atoms with Gasteiger partial charge in [-0.25, -0.2) is 0 Å². The van der Waals surface area contributed by atoms with Crippen molar-refractivity contribution in [2.75, 3.05) is 18.5 Å². The number of nitrogens with zero attached hydrogens (tertiary/aromatic N) is 1. The Hall–Kier alpha value is -2.60. The quantitative estimate of drug-likeness (QED) is 0.882. The second-order valence-corrected chi connectivity index (χ2v) is 7.68. The molecule has 0 aliphatic carbocycles. The van der Waals surface area contributed by atoms with Gasteiger partial charge in [-0.15, -0.1) is 0 Å². The molecule has 2 aromatic rings. The van der Waals surface area contributed by atoms with Gasteiger partial charge in [0.05, 0.1) is 11.8 Å². The van der Waals surface area contributed by atoms with E-state index >= 15 is 0 Å². The van der Waals surface area contributed by atoms with Crippen LogP contribution in [0.25, 0.3) is 11.1 Å². The topological polar surface area (TPSA) is 69.6 Å². The molecular weight excluding hydrogens is 356 g/mol. The van der Waals surface area contributed by atoms with Crippen molar-refractivity contribution >= 4 is 11.6 Å². The third kappa shape index (κ3) is 3.83. The van der Waals surface area contributed by atoms with E-state index in [-0.39, 0.29) is 17.6 Å². The normalized spacial score (nSPS) is 19.1. The van der Waals surface area contributed by atoms with Crippen LogP contribution in [-0.4, -0.2) is 29.8 Å². The molecule has 1 aromatic heterocycles. The molecule has 1 fully saturated rings. The van der Waals surface area contributed by atoms with Crippen molar-refractivity contribution in [3.63, 3.8) is 0 Å². The number of fused-ring (bicyclic) bond motifs is 1. The van der Waals surface area contributed by atoms with Gasteiger partial charge in [-0.1, -0.05) is 0 Å². The van der Waals surface area contributed by atoms with Crippen LogP contribution in [-0.2, 0) is 23.0 Å². The van der Waals surface area contributed by atoms with Gasteiger partial charge in [0.25, 0.3) is 5.56 Å². The van der Waals surface area contributed by atoms with Gasteiger partial charge in [0, 0.05) is 31.8 Å². The standard InChI is InChI=1S/C22H26N2O4/c1-14-9-17(12-24(2)22(14)26)16-10-15-6-7-20(25)23-21(15)19(11-16)28-13-18-5-3-4-8-27-18/h9-12,18H,3-8,13H2,1-2H3,(H,23,25). The summed E-state index contributed by atoms with van der Waals surface area (Å²) in [5.74, 6) is 0.679. The zero-order chi connectivity index (χ0) is 19.7. The molecule has 2 aliphatic heterocycles. The van der Waals surface area contributed by atoms with Crippen LogP contribution in [0, 0.1) is 6.92 Å². The summed E-state index contributed by atoms with van der Waals surface area (Å²) in [7, 11) is 1.76. The number of pyridine rings is 1. The number of amides is 1. The van der Waals surface area contributed by atoms with Gasteiger partial charge in [0.2, 0.25) is 5.91 Å². The Morgan fingerprint density at radius 2 is 2.04 bits per heavy atom. The summed E-state index contributed by atoms with van der Waals surface area (Å²) in [4.78, 5) is 24.0. The van der Waals surface area contributed by atoms with Crippen molar-refractivity contribution in [3.05, 3.63) is 45.9 Å². The van der Waals surface area contributed by atoms with Gasteiger partial charge >= 0.3 is 0 Å². The van der Waals surface area contributed by atoms with Gasteiger partial charge in [-0.2, -0.15) is 0 Å². The van der Waals surface area contributed by atoms with Crippen LogP contribution >= 0.6 is 0 Å². The Bertz CT molecular complexity index is 931. The Morgan fingerprint density at radius 1 is 1.18 bits per heavy atom. The lowest BCUT2D eigenvalue weighted by atomic mass is 9.96. The maximum atomic E-state index is 12.0. The molecule has 28 heavy (non-hydrogen) atoms. The van der Waals surface area contributed by atoms with Crippen LogP contribution in [0.4, 0.5) is 5.69 Å². The molecule has 4 rings (SSSR count). The van der Waals surface area contributed by atoms with Crippen molar-refractivity contribution in [2.45, 2.75) is 45.1 Å². The number of nitrogens with one attached hydrogen (secondary N) is 1. The van der Waals surface area contributed by atoms with E-state index in [2.05, 4.69) is 11.4 Å². The Balaban J connectivity index is 1.70. The van der Waals surface area contributed by atoms with Gasteiger partial charge in [0.1, 0.15) is 12.4 Å². The van der Waals surface area contributed by atoms with E-state index in [4.69, 9.17) is 9.47 Å². The highest BCUT2D eigenvalue weighted by atomic mass is 16.5. The monoisotopic (exact) mass is 382 g/mol. The number of carbonyl (C=O) groups excluding carboxylic acids is 1. The zero-order valence-corrected chi connectivity index (χ0v) is 16.4. The third-order valence-electron chi connectivity index (χ3n) is 5.46. The summed E-state index contributed by atoms with van der Waals surface area (Å²) in [6, 6.07) is 5.93. The summed E-state index contributed by atoms with van der Waals surface area (Å²) in [5, 5.41) is 2.97. The van der Waals surface area contributed by atoms with Gasteiger partial charge in [-0.05, 0) is 67.5 Å². The number of anilines is 1. The average Bonchev–Trinajstić information content (AvgIpc) is 2.70. The molecule has 1 amide bonds. The lowest BCUT2D eigenvalue weighted by Gasteiger charge is -2.25. The van der Waals surface area contributed by atoms with Crippen LogP contribution in [0.1, 0.15) is 36.8 Å². The molecule has 1 saturated heterocycles. The van der Waals surface area contributed by atoms with Crippen LogP contribution in [0.5, 0.6) is 5.75 Å². The first-order chi connectivity index (χ1) is 13.5. The minimum absolute atomic E-state index is 0.0000981. The van der Waals surface area contributed by atoms with E-state index in [1.807, 2.05) is 25.3 Å². The number of aromatic nitrogens is 1. The zero-order valence-electron chi connectivity index (χ0n) is 16.4. The molecule has 148 valence electrons. The SMILES string of the molecule is Cc1cc(-c2cc3c(c(OCC4CCCCO4)c2)NC(=O)CC3)cn(C)c1=O. The first-order valence-electron chi connectivity index (χ1n) is 9.90. The minimum Gasteiger partial charge on any atom is -0.489 e. The first kappa shape index (κ1) is 18.7. The van der Waals surface area contributed by atoms with Gasteiger partial charge < -0.3 is 19.4 Å². The lowest BCUT2D eigenvalue weighted by molar-refractivity contribution is -0.116. The fourth-order valence-corrected chi connectivity index (χ4v) is 3.90. The number of hydrogen-bond acceptors (Lipinski definition) is 4. The number of hydrogen-bond donors (Lipinski definition) is 1. The number of ether oxygens (including phenoxy) is 2. The second-order valence-electron chi connectivity index (χ2n) is 7.68. The number of aryl methyl sites for hydroxylation is 3. The first-order valence-corrected chi connectivity index (χ1v) is 9.90. The van der Waals surface area contributed by atoms with E-state index in [0.29, 0.717) is 30.8 Å². The highest BCUT2D eigenvalue weighted by Gasteiger charge is 2.22. The molecule has 6 heteroatoms. The van der Waals surface area contributed by atoms with Crippen LogP contribution in [0.3, 0.4) is 0 Å². The fraction of sp³-hybridized carbons (Fsp3) is 0.455. The second kappa shape index (κ2) is 7.80. The number of rotatable bonds is 4. The summed E-state index contributed by atoms with van der Waals surface area (Å²) in [5.41, 5.74) is 4.45. The molecule has 1 N–H and O–H groups in total. The molecule has 6 nitrogen and oxygen atoms in total. The molecule has 0 bridgehead atoms. The van der Waals surface area contributed by atoms with Crippen molar-refractivity contribution in [1.29, 1.82) is 0 Å². The van der Waals surface area contributed by atoms with Crippen LogP contribution < -0.4 is 15.6 Å². The predicted molar refractivity (Wildman–Crippen MR) is 108 cm³/mol. The molecule has 0 saturated carbocycles. The summed E-state index contributed by atoms with van der Waals surface area (Å²) < 4.78 is 13.5. The van der Waals surface area contributed by atoms with Crippen molar-refractivity contribution in [3.8, 4) is 16.9 Å². The average molecular weight is 382 g/mol. The van der Waals surface area contributed by atoms with Gasteiger partial charge in [0.15, 0.2) is 0 Å². The molecule has 1 unspecified atom stereocenters. The fourth-order valence-electron chi connectivity index (χ4n) is 3.90. The molecular formula is C22H26N2O4. The van der Waals surface area contributed by atoms with Crippen molar-refractivity contribution in [2.24, 2.45) is 7.05 Å². The molecule has 1 atom stereocenters. The van der Waals surface area contributed by atoms with E-state index in [1.165, 1.54) is 0 Å². The number of benzene rings is 1. The van der Waals surface area contributed by atoms with Crippen LogP contribution in [0.2, 0.25) is 0 Å². The van der Waals surface area contributed by atoms with E-state index < -0.39 is 0 Å². The highest BCUT2D eigenvalue weighted by Crippen LogP contribution is 2.37. The molecule has 1 aromatic carbocycles. The number of carbonyl (C=O) groups is 1.